The van der Waals surface area contributed by atoms with E-state index in [0.29, 0.717) is 6.04 Å². The molecule has 2 aliphatic rings. The van der Waals surface area contributed by atoms with Gasteiger partial charge in [-0.15, -0.1) is 0 Å². The molecule has 2 fully saturated rings. The number of aliphatic hydroxyl groups excluding tert-OH is 1. The van der Waals surface area contributed by atoms with E-state index in [1.807, 2.05) is 0 Å². The van der Waals surface area contributed by atoms with Crippen LogP contribution in [-0.4, -0.2) is 60.3 Å². The van der Waals surface area contributed by atoms with Gasteiger partial charge in [0.2, 0.25) is 0 Å². The third kappa shape index (κ3) is 2.27. The molecule has 0 spiro atoms. The van der Waals surface area contributed by atoms with Crippen LogP contribution in [-0.2, 0) is 0 Å². The van der Waals surface area contributed by atoms with Crippen molar-refractivity contribution in [3.63, 3.8) is 0 Å². The molecule has 0 aromatic heterocycles. The van der Waals surface area contributed by atoms with Gasteiger partial charge in [0.05, 0.1) is 6.10 Å². The maximum Gasteiger partial charge on any atom is 0.0695 e. The van der Waals surface area contributed by atoms with Gasteiger partial charge in [-0.3, -0.25) is 4.90 Å². The van der Waals surface area contributed by atoms with E-state index in [9.17, 15) is 5.11 Å². The Kier molecular flexibility index (Phi) is 3.42. The SMILES string of the molecule is CN1CCCN([C@H]2CCC[C@@H]2O)CC1. The molecule has 82 valence electrons. The number of rotatable bonds is 1. The van der Waals surface area contributed by atoms with Crippen LogP contribution in [0.5, 0.6) is 0 Å². The van der Waals surface area contributed by atoms with Crippen molar-refractivity contribution in [1.29, 1.82) is 0 Å². The number of hydrogen-bond acceptors (Lipinski definition) is 3. The fraction of sp³-hybridized carbons (Fsp3) is 1.00. The number of aliphatic hydroxyl groups is 1. The fourth-order valence-electron chi connectivity index (χ4n) is 2.74. The molecule has 1 aliphatic heterocycles. The van der Waals surface area contributed by atoms with E-state index in [-0.39, 0.29) is 6.10 Å². The maximum absolute atomic E-state index is 9.84. The fourth-order valence-corrected chi connectivity index (χ4v) is 2.74. The van der Waals surface area contributed by atoms with Gasteiger partial charge in [-0.1, -0.05) is 0 Å². The first-order valence-corrected chi connectivity index (χ1v) is 5.88. The van der Waals surface area contributed by atoms with Crippen LogP contribution in [0.2, 0.25) is 0 Å². The molecule has 0 bridgehead atoms. The first-order chi connectivity index (χ1) is 6.77. The van der Waals surface area contributed by atoms with Crippen LogP contribution in [0.1, 0.15) is 25.7 Å². The molecule has 1 saturated heterocycles. The molecule has 0 aromatic rings. The maximum atomic E-state index is 9.84. The standard InChI is InChI=1S/C11H22N2O/c1-12-6-3-7-13(9-8-12)10-4-2-5-11(10)14/h10-11,14H,2-9H2,1H3/t10-,11-/m0/s1. The molecule has 1 aliphatic carbocycles. The molecule has 2 atom stereocenters. The third-order valence-electron chi connectivity index (χ3n) is 3.67. The molecule has 2 rings (SSSR count). The molecule has 0 aromatic carbocycles. The Labute approximate surface area is 86.7 Å². The van der Waals surface area contributed by atoms with Gasteiger partial charge in [0.1, 0.15) is 0 Å². The van der Waals surface area contributed by atoms with Crippen molar-refractivity contribution in [3.8, 4) is 0 Å². The topological polar surface area (TPSA) is 26.7 Å². The number of nitrogens with zero attached hydrogens (tertiary/aromatic N) is 2. The van der Waals surface area contributed by atoms with E-state index < -0.39 is 0 Å². The van der Waals surface area contributed by atoms with Crippen molar-refractivity contribution in [1.82, 2.24) is 9.80 Å². The Bertz CT molecular complexity index is 186. The molecule has 1 heterocycles. The average Bonchev–Trinajstić information content (AvgIpc) is 2.46. The monoisotopic (exact) mass is 198 g/mol. The lowest BCUT2D eigenvalue weighted by Crippen LogP contribution is -2.42. The van der Waals surface area contributed by atoms with Crippen LogP contribution in [0.15, 0.2) is 0 Å². The second-order valence-electron chi connectivity index (χ2n) is 4.76. The third-order valence-corrected chi connectivity index (χ3v) is 3.67. The Balaban J connectivity index is 1.90. The quantitative estimate of drug-likeness (QED) is 0.666. The molecule has 3 heteroatoms. The second-order valence-corrected chi connectivity index (χ2v) is 4.76. The zero-order chi connectivity index (χ0) is 9.97. The minimum atomic E-state index is -0.0570. The highest BCUT2D eigenvalue weighted by atomic mass is 16.3. The van der Waals surface area contributed by atoms with Crippen LogP contribution < -0.4 is 0 Å². The van der Waals surface area contributed by atoms with Crippen molar-refractivity contribution in [2.45, 2.75) is 37.8 Å². The highest BCUT2D eigenvalue weighted by molar-refractivity contribution is 4.86. The number of likely N-dealkylation sites (N-methyl/N-ethyl adjacent to an activating group) is 1. The summed E-state index contributed by atoms with van der Waals surface area (Å²) in [5.74, 6) is 0. The van der Waals surface area contributed by atoms with Gasteiger partial charge in [-0.05, 0) is 45.8 Å². The first-order valence-electron chi connectivity index (χ1n) is 5.88. The van der Waals surface area contributed by atoms with E-state index in [1.165, 1.54) is 32.4 Å². The molecule has 0 unspecified atom stereocenters. The van der Waals surface area contributed by atoms with Gasteiger partial charge in [0.15, 0.2) is 0 Å². The highest BCUT2D eigenvalue weighted by Crippen LogP contribution is 2.24. The van der Waals surface area contributed by atoms with Crippen molar-refractivity contribution in [2.24, 2.45) is 0 Å². The van der Waals surface area contributed by atoms with Gasteiger partial charge in [-0.25, -0.2) is 0 Å². The summed E-state index contributed by atoms with van der Waals surface area (Å²) in [5.41, 5.74) is 0. The Morgan fingerprint density at radius 1 is 1.00 bits per heavy atom. The Hall–Kier alpha value is -0.120. The summed E-state index contributed by atoms with van der Waals surface area (Å²) in [6, 6.07) is 0.460. The predicted molar refractivity (Wildman–Crippen MR) is 57.3 cm³/mol. The van der Waals surface area contributed by atoms with Crippen molar-refractivity contribution in [2.75, 3.05) is 33.2 Å². The van der Waals surface area contributed by atoms with Gasteiger partial charge in [0, 0.05) is 19.1 Å². The Morgan fingerprint density at radius 2 is 1.86 bits per heavy atom. The van der Waals surface area contributed by atoms with E-state index in [2.05, 4.69) is 16.8 Å². The van der Waals surface area contributed by atoms with Gasteiger partial charge >= 0.3 is 0 Å². The number of hydrogen-bond donors (Lipinski definition) is 1. The second kappa shape index (κ2) is 4.60. The zero-order valence-corrected chi connectivity index (χ0v) is 9.15. The van der Waals surface area contributed by atoms with Crippen molar-refractivity contribution >= 4 is 0 Å². The summed E-state index contributed by atoms with van der Waals surface area (Å²) in [5, 5.41) is 9.84. The molecular formula is C11H22N2O. The van der Waals surface area contributed by atoms with Gasteiger partial charge in [0.25, 0.3) is 0 Å². The highest BCUT2D eigenvalue weighted by Gasteiger charge is 2.30. The largest absolute Gasteiger partial charge is 0.391 e. The zero-order valence-electron chi connectivity index (χ0n) is 9.15. The summed E-state index contributed by atoms with van der Waals surface area (Å²) in [4.78, 5) is 4.89. The molecular weight excluding hydrogens is 176 g/mol. The predicted octanol–water partition coefficient (Wildman–Crippen LogP) is 0.537. The lowest BCUT2D eigenvalue weighted by atomic mass is 10.1. The van der Waals surface area contributed by atoms with Crippen LogP contribution in [0, 0.1) is 0 Å². The molecule has 3 nitrogen and oxygen atoms in total. The lowest BCUT2D eigenvalue weighted by Gasteiger charge is -2.29. The normalized spacial score (nSPS) is 37.3. The Morgan fingerprint density at radius 3 is 2.57 bits per heavy atom. The van der Waals surface area contributed by atoms with Crippen LogP contribution in [0.3, 0.4) is 0 Å². The summed E-state index contributed by atoms with van der Waals surface area (Å²) < 4.78 is 0. The minimum absolute atomic E-state index is 0.0570. The summed E-state index contributed by atoms with van der Waals surface area (Å²) in [7, 11) is 2.19. The molecule has 1 N–H and O–H groups in total. The van der Waals surface area contributed by atoms with Crippen molar-refractivity contribution in [3.05, 3.63) is 0 Å². The minimum Gasteiger partial charge on any atom is -0.391 e. The van der Waals surface area contributed by atoms with E-state index in [1.54, 1.807) is 0 Å². The smallest absolute Gasteiger partial charge is 0.0695 e. The van der Waals surface area contributed by atoms with E-state index in [4.69, 9.17) is 0 Å². The average molecular weight is 198 g/mol. The molecule has 0 amide bonds. The molecule has 0 radical (unpaired) electrons. The summed E-state index contributed by atoms with van der Waals surface area (Å²) in [6.45, 7) is 4.67. The van der Waals surface area contributed by atoms with Crippen LogP contribution >= 0.6 is 0 Å². The van der Waals surface area contributed by atoms with Crippen LogP contribution in [0.25, 0.3) is 0 Å². The molecule has 14 heavy (non-hydrogen) atoms. The molecule has 1 saturated carbocycles. The van der Waals surface area contributed by atoms with Gasteiger partial charge in [-0.2, -0.15) is 0 Å². The van der Waals surface area contributed by atoms with Crippen molar-refractivity contribution < 1.29 is 5.11 Å². The first kappa shape index (κ1) is 10.4. The summed E-state index contributed by atoms with van der Waals surface area (Å²) in [6.07, 6.45) is 4.61. The van der Waals surface area contributed by atoms with E-state index >= 15 is 0 Å². The lowest BCUT2D eigenvalue weighted by molar-refractivity contribution is 0.0732. The van der Waals surface area contributed by atoms with Gasteiger partial charge < -0.3 is 10.0 Å². The van der Waals surface area contributed by atoms with E-state index in [0.717, 1.165) is 19.5 Å². The summed E-state index contributed by atoms with van der Waals surface area (Å²) >= 11 is 0. The van der Waals surface area contributed by atoms with Crippen LogP contribution in [0.4, 0.5) is 0 Å².